The lowest BCUT2D eigenvalue weighted by Crippen LogP contribution is -2.13. The van der Waals surface area contributed by atoms with Gasteiger partial charge in [0.25, 0.3) is 0 Å². The number of benzene rings is 1. The molecule has 106 valence electrons. The molecule has 0 saturated carbocycles. The van der Waals surface area contributed by atoms with Gasteiger partial charge in [0, 0.05) is 6.54 Å². The first-order chi connectivity index (χ1) is 8.85. The number of nitrogens with one attached hydrogen (secondary N) is 1. The maximum Gasteiger partial charge on any atom is 0.333 e. The average molecular weight is 266 g/mol. The van der Waals surface area contributed by atoms with E-state index in [1.165, 1.54) is 0 Å². The van der Waals surface area contributed by atoms with E-state index in [0.29, 0.717) is 24.6 Å². The Balaban J connectivity index is 2.87. The molecule has 19 heavy (non-hydrogen) atoms. The van der Waals surface area contributed by atoms with Crippen molar-refractivity contribution in [3.63, 3.8) is 0 Å². The number of nitrogens with zero attached hydrogens (tertiary/aromatic N) is 1. The van der Waals surface area contributed by atoms with Crippen LogP contribution in [0, 0.1) is 15.5 Å². The highest BCUT2D eigenvalue weighted by atomic mass is 16.6. The summed E-state index contributed by atoms with van der Waals surface area (Å²) in [6.07, 6.45) is 0.934. The Morgan fingerprint density at radius 1 is 1.37 bits per heavy atom. The van der Waals surface area contributed by atoms with E-state index < -0.39 is 4.92 Å². The van der Waals surface area contributed by atoms with Crippen LogP contribution in [0.15, 0.2) is 18.2 Å². The van der Waals surface area contributed by atoms with E-state index in [1.54, 1.807) is 18.2 Å². The number of hydrogen-bond acceptors (Lipinski definition) is 4. The lowest BCUT2D eigenvalue weighted by Gasteiger charge is -2.18. The third-order valence-corrected chi connectivity index (χ3v) is 2.67. The molecule has 0 aliphatic rings. The lowest BCUT2D eigenvalue weighted by atomic mass is 9.92. The number of nitro groups is 1. The van der Waals surface area contributed by atoms with Crippen molar-refractivity contribution in [3.8, 4) is 5.75 Å². The molecule has 0 unspecified atom stereocenters. The SMILES string of the molecule is CCOc1cccc(NCCC(C)(C)C)c1[N+](=O)[O-]. The predicted molar refractivity (Wildman–Crippen MR) is 76.8 cm³/mol. The molecule has 0 atom stereocenters. The maximum absolute atomic E-state index is 11.2. The van der Waals surface area contributed by atoms with Crippen LogP contribution < -0.4 is 10.1 Å². The smallest absolute Gasteiger partial charge is 0.333 e. The monoisotopic (exact) mass is 266 g/mol. The van der Waals surface area contributed by atoms with Gasteiger partial charge in [0.2, 0.25) is 0 Å². The van der Waals surface area contributed by atoms with Gasteiger partial charge in [-0.3, -0.25) is 10.1 Å². The largest absolute Gasteiger partial charge is 0.487 e. The number of hydrogen-bond donors (Lipinski definition) is 1. The van der Waals surface area contributed by atoms with Gasteiger partial charge >= 0.3 is 5.69 Å². The molecule has 5 nitrogen and oxygen atoms in total. The second-order valence-corrected chi connectivity index (χ2v) is 5.58. The normalized spacial score (nSPS) is 11.2. The van der Waals surface area contributed by atoms with Crippen LogP contribution in [0.5, 0.6) is 5.75 Å². The zero-order valence-electron chi connectivity index (χ0n) is 12.0. The molecule has 1 aromatic carbocycles. The van der Waals surface area contributed by atoms with Gasteiger partial charge in [-0.25, -0.2) is 0 Å². The van der Waals surface area contributed by atoms with Gasteiger partial charge in [0.15, 0.2) is 5.75 Å². The summed E-state index contributed by atoms with van der Waals surface area (Å²) in [4.78, 5) is 10.8. The zero-order chi connectivity index (χ0) is 14.5. The summed E-state index contributed by atoms with van der Waals surface area (Å²) < 4.78 is 5.30. The summed E-state index contributed by atoms with van der Waals surface area (Å²) in [5, 5.41) is 14.3. The van der Waals surface area contributed by atoms with E-state index in [2.05, 4.69) is 26.1 Å². The van der Waals surface area contributed by atoms with Gasteiger partial charge in [0.1, 0.15) is 5.69 Å². The summed E-state index contributed by atoms with van der Waals surface area (Å²) in [5.74, 6) is 0.313. The molecule has 1 N–H and O–H groups in total. The van der Waals surface area contributed by atoms with Crippen molar-refractivity contribution in [2.24, 2.45) is 5.41 Å². The van der Waals surface area contributed by atoms with Crippen LogP contribution in [0.3, 0.4) is 0 Å². The highest BCUT2D eigenvalue weighted by Crippen LogP contribution is 2.35. The van der Waals surface area contributed by atoms with Crippen molar-refractivity contribution in [3.05, 3.63) is 28.3 Å². The highest BCUT2D eigenvalue weighted by molar-refractivity contribution is 5.68. The molecule has 0 radical (unpaired) electrons. The molecule has 0 aromatic heterocycles. The lowest BCUT2D eigenvalue weighted by molar-refractivity contribution is -0.384. The third kappa shape index (κ3) is 4.77. The molecule has 5 heteroatoms. The highest BCUT2D eigenvalue weighted by Gasteiger charge is 2.21. The number of anilines is 1. The van der Waals surface area contributed by atoms with E-state index in [0.717, 1.165) is 6.42 Å². The molecular weight excluding hydrogens is 244 g/mol. The fourth-order valence-corrected chi connectivity index (χ4v) is 1.70. The Morgan fingerprint density at radius 3 is 2.58 bits per heavy atom. The molecular formula is C14H22N2O3. The Hall–Kier alpha value is -1.78. The quantitative estimate of drug-likeness (QED) is 0.627. The predicted octanol–water partition coefficient (Wildman–Crippen LogP) is 3.84. The van der Waals surface area contributed by atoms with Crippen LogP contribution in [0.2, 0.25) is 0 Å². The van der Waals surface area contributed by atoms with E-state index in [-0.39, 0.29) is 11.1 Å². The van der Waals surface area contributed by atoms with Crippen molar-refractivity contribution in [1.82, 2.24) is 0 Å². The van der Waals surface area contributed by atoms with Crippen LogP contribution in [0.25, 0.3) is 0 Å². The molecule has 1 aromatic rings. The van der Waals surface area contributed by atoms with Crippen LogP contribution in [0.4, 0.5) is 11.4 Å². The number of nitro benzene ring substituents is 1. The molecule has 0 amide bonds. The Bertz CT molecular complexity index is 439. The zero-order valence-corrected chi connectivity index (χ0v) is 12.0. The topological polar surface area (TPSA) is 64.4 Å². The van der Waals surface area contributed by atoms with E-state index in [4.69, 9.17) is 4.74 Å². The maximum atomic E-state index is 11.2. The van der Waals surface area contributed by atoms with Crippen molar-refractivity contribution in [2.45, 2.75) is 34.1 Å². The van der Waals surface area contributed by atoms with Crippen LogP contribution in [-0.4, -0.2) is 18.1 Å². The number of para-hydroxylation sites is 1. The molecule has 1 rings (SSSR count). The third-order valence-electron chi connectivity index (χ3n) is 2.67. The van der Waals surface area contributed by atoms with Gasteiger partial charge in [-0.2, -0.15) is 0 Å². The van der Waals surface area contributed by atoms with Crippen LogP contribution in [-0.2, 0) is 0 Å². The number of ether oxygens (including phenoxy) is 1. The van der Waals surface area contributed by atoms with Crippen molar-refractivity contribution >= 4 is 11.4 Å². The fourth-order valence-electron chi connectivity index (χ4n) is 1.70. The van der Waals surface area contributed by atoms with Gasteiger partial charge in [-0.05, 0) is 30.9 Å². The number of rotatable bonds is 6. The molecule has 0 fully saturated rings. The first-order valence-electron chi connectivity index (χ1n) is 6.49. The van der Waals surface area contributed by atoms with Crippen molar-refractivity contribution in [1.29, 1.82) is 0 Å². The van der Waals surface area contributed by atoms with Crippen LogP contribution >= 0.6 is 0 Å². The first kappa shape index (κ1) is 15.3. The molecule has 0 saturated heterocycles. The Morgan fingerprint density at radius 2 is 2.05 bits per heavy atom. The first-order valence-corrected chi connectivity index (χ1v) is 6.49. The minimum absolute atomic E-state index is 0.0123. The molecule has 0 bridgehead atoms. The second-order valence-electron chi connectivity index (χ2n) is 5.58. The average Bonchev–Trinajstić information content (AvgIpc) is 2.27. The van der Waals surface area contributed by atoms with Gasteiger partial charge < -0.3 is 10.1 Å². The Labute approximate surface area is 114 Å². The minimum Gasteiger partial charge on any atom is -0.487 e. The summed E-state index contributed by atoms with van der Waals surface area (Å²) in [5.41, 5.74) is 0.720. The fraction of sp³-hybridized carbons (Fsp3) is 0.571. The Kier molecular flexibility index (Phi) is 5.15. The molecule has 0 heterocycles. The van der Waals surface area contributed by atoms with Gasteiger partial charge in [-0.15, -0.1) is 0 Å². The van der Waals surface area contributed by atoms with Gasteiger partial charge in [0.05, 0.1) is 11.5 Å². The summed E-state index contributed by atoms with van der Waals surface area (Å²) in [6.45, 7) is 9.33. The second kappa shape index (κ2) is 6.41. The van der Waals surface area contributed by atoms with E-state index >= 15 is 0 Å². The summed E-state index contributed by atoms with van der Waals surface area (Å²) in [6, 6.07) is 5.09. The minimum atomic E-state index is -0.398. The summed E-state index contributed by atoms with van der Waals surface area (Å²) in [7, 11) is 0. The molecule has 0 aliphatic carbocycles. The van der Waals surface area contributed by atoms with Gasteiger partial charge in [-0.1, -0.05) is 26.8 Å². The molecule has 0 spiro atoms. The van der Waals surface area contributed by atoms with E-state index in [1.807, 2.05) is 6.92 Å². The molecule has 0 aliphatic heterocycles. The standard InChI is InChI=1S/C14H22N2O3/c1-5-19-12-8-6-7-11(13(12)16(17)18)15-10-9-14(2,3)4/h6-8,15H,5,9-10H2,1-4H3. The van der Waals surface area contributed by atoms with Crippen LogP contribution in [0.1, 0.15) is 34.1 Å². The summed E-state index contributed by atoms with van der Waals surface area (Å²) >= 11 is 0. The van der Waals surface area contributed by atoms with Crippen molar-refractivity contribution < 1.29 is 9.66 Å². The van der Waals surface area contributed by atoms with Crippen molar-refractivity contribution in [2.75, 3.05) is 18.5 Å². The van der Waals surface area contributed by atoms with E-state index in [9.17, 15) is 10.1 Å².